The molecule has 3 aromatic rings. The number of primary amides is 1. The number of pyridine rings is 1. The highest BCUT2D eigenvalue weighted by Crippen LogP contribution is 2.49. The molecule has 1 saturated carbocycles. The maximum Gasteiger partial charge on any atom is 0.224 e. The van der Waals surface area contributed by atoms with Crippen molar-refractivity contribution in [2.45, 2.75) is 38.0 Å². The van der Waals surface area contributed by atoms with Crippen LogP contribution in [0.3, 0.4) is 0 Å². The zero-order valence-corrected chi connectivity index (χ0v) is 17.9. The van der Waals surface area contributed by atoms with Crippen LogP contribution in [0, 0.1) is 11.3 Å². The van der Waals surface area contributed by atoms with Crippen LogP contribution in [0.25, 0.3) is 11.1 Å². The standard InChI is InChI=1S/C27H31N3O/c28-19-21-11-14-27(15-12-21,26(29)31)24(17-20-7-3-1-4-8-20)25-18-23(13-16-30-25)22-9-5-2-6-10-22/h1-10,13,16,18,21,24H,11-12,14-15,17,19,28H2,(H2,29,31). The van der Waals surface area contributed by atoms with Crippen LogP contribution >= 0.6 is 0 Å². The predicted octanol–water partition coefficient (Wildman–Crippen LogP) is 4.70. The minimum atomic E-state index is -0.607. The molecule has 1 aliphatic carbocycles. The molecule has 160 valence electrons. The normalized spacial score (nSPS) is 22.0. The molecule has 4 N–H and O–H groups in total. The lowest BCUT2D eigenvalue weighted by atomic mass is 9.60. The lowest BCUT2D eigenvalue weighted by Gasteiger charge is -2.43. The first-order valence-electron chi connectivity index (χ1n) is 11.2. The van der Waals surface area contributed by atoms with E-state index in [1.165, 1.54) is 5.56 Å². The molecule has 1 heterocycles. The van der Waals surface area contributed by atoms with Gasteiger partial charge in [0.1, 0.15) is 0 Å². The van der Waals surface area contributed by atoms with Crippen LogP contribution < -0.4 is 11.5 Å². The summed E-state index contributed by atoms with van der Waals surface area (Å²) in [5, 5.41) is 0. The molecule has 2 aromatic carbocycles. The molecule has 1 amide bonds. The van der Waals surface area contributed by atoms with Crippen molar-refractivity contribution in [3.63, 3.8) is 0 Å². The van der Waals surface area contributed by atoms with Gasteiger partial charge in [-0.15, -0.1) is 0 Å². The van der Waals surface area contributed by atoms with Gasteiger partial charge in [0.05, 0.1) is 5.41 Å². The number of nitrogens with two attached hydrogens (primary N) is 2. The summed E-state index contributed by atoms with van der Waals surface area (Å²) in [6.45, 7) is 0.667. The van der Waals surface area contributed by atoms with Crippen molar-refractivity contribution in [3.05, 3.63) is 90.3 Å². The highest BCUT2D eigenvalue weighted by molar-refractivity contribution is 5.82. The molecule has 1 fully saturated rings. The van der Waals surface area contributed by atoms with Crippen molar-refractivity contribution in [1.82, 2.24) is 4.98 Å². The molecular weight excluding hydrogens is 382 g/mol. The van der Waals surface area contributed by atoms with E-state index in [0.717, 1.165) is 48.9 Å². The van der Waals surface area contributed by atoms with Crippen LogP contribution in [0.15, 0.2) is 79.0 Å². The molecule has 4 rings (SSSR count). The summed E-state index contributed by atoms with van der Waals surface area (Å²) in [5.74, 6) is 0.180. The van der Waals surface area contributed by atoms with E-state index < -0.39 is 5.41 Å². The summed E-state index contributed by atoms with van der Waals surface area (Å²) in [6.07, 6.45) is 5.99. The summed E-state index contributed by atoms with van der Waals surface area (Å²) in [6, 6.07) is 24.8. The SMILES string of the molecule is NCC1CCC(C(N)=O)(C(Cc2ccccc2)c2cc(-c3ccccc3)ccn2)CC1. The molecule has 0 aliphatic heterocycles. The van der Waals surface area contributed by atoms with Crippen LogP contribution in [0.1, 0.15) is 42.9 Å². The maximum atomic E-state index is 13.0. The molecule has 1 aromatic heterocycles. The van der Waals surface area contributed by atoms with E-state index in [2.05, 4.69) is 30.3 Å². The number of nitrogens with zero attached hydrogens (tertiary/aromatic N) is 1. The van der Waals surface area contributed by atoms with Gasteiger partial charge in [0, 0.05) is 17.8 Å². The lowest BCUT2D eigenvalue weighted by Crippen LogP contribution is -2.46. The van der Waals surface area contributed by atoms with Crippen molar-refractivity contribution in [2.75, 3.05) is 6.54 Å². The van der Waals surface area contributed by atoms with Crippen molar-refractivity contribution < 1.29 is 4.79 Å². The van der Waals surface area contributed by atoms with Gasteiger partial charge in [0.25, 0.3) is 0 Å². The summed E-state index contributed by atoms with van der Waals surface area (Å²) in [7, 11) is 0. The fourth-order valence-corrected chi connectivity index (χ4v) is 5.08. The van der Waals surface area contributed by atoms with Gasteiger partial charge in [0.15, 0.2) is 0 Å². The van der Waals surface area contributed by atoms with Crippen molar-refractivity contribution in [2.24, 2.45) is 22.8 Å². The van der Waals surface area contributed by atoms with Crippen molar-refractivity contribution in [1.29, 1.82) is 0 Å². The summed E-state index contributed by atoms with van der Waals surface area (Å²) in [4.78, 5) is 17.8. The Morgan fingerprint density at radius 2 is 1.61 bits per heavy atom. The number of hydrogen-bond donors (Lipinski definition) is 2. The monoisotopic (exact) mass is 413 g/mol. The number of rotatable bonds is 7. The third-order valence-electron chi connectivity index (χ3n) is 7.02. The summed E-state index contributed by atoms with van der Waals surface area (Å²) in [5.41, 5.74) is 15.8. The maximum absolute atomic E-state index is 13.0. The Kier molecular flexibility index (Phi) is 6.47. The average molecular weight is 414 g/mol. The fraction of sp³-hybridized carbons (Fsp3) is 0.333. The minimum absolute atomic E-state index is 0.0743. The second-order valence-electron chi connectivity index (χ2n) is 8.78. The van der Waals surface area contributed by atoms with E-state index >= 15 is 0 Å². The van der Waals surface area contributed by atoms with Gasteiger partial charge >= 0.3 is 0 Å². The minimum Gasteiger partial charge on any atom is -0.369 e. The molecular formula is C27H31N3O. The molecule has 1 atom stereocenters. The predicted molar refractivity (Wildman–Crippen MR) is 125 cm³/mol. The Balaban J connectivity index is 1.77. The zero-order valence-electron chi connectivity index (χ0n) is 17.9. The number of carbonyl (C=O) groups excluding carboxylic acids is 1. The van der Waals surface area contributed by atoms with E-state index in [0.29, 0.717) is 12.5 Å². The first kappa shape index (κ1) is 21.3. The first-order valence-corrected chi connectivity index (χ1v) is 11.2. The van der Waals surface area contributed by atoms with Gasteiger partial charge in [0.2, 0.25) is 5.91 Å². The third kappa shape index (κ3) is 4.54. The number of carbonyl (C=O) groups is 1. The number of hydrogen-bond acceptors (Lipinski definition) is 3. The number of benzene rings is 2. The van der Waals surface area contributed by atoms with Gasteiger partial charge in [-0.2, -0.15) is 0 Å². The first-order chi connectivity index (χ1) is 15.1. The van der Waals surface area contributed by atoms with Crippen molar-refractivity contribution in [3.8, 4) is 11.1 Å². The Morgan fingerprint density at radius 1 is 0.968 bits per heavy atom. The highest BCUT2D eigenvalue weighted by atomic mass is 16.1. The van der Waals surface area contributed by atoms with Crippen molar-refractivity contribution >= 4 is 5.91 Å². The average Bonchev–Trinajstić information content (AvgIpc) is 2.84. The molecule has 4 heteroatoms. The quantitative estimate of drug-likeness (QED) is 0.589. The summed E-state index contributed by atoms with van der Waals surface area (Å²) >= 11 is 0. The molecule has 0 radical (unpaired) electrons. The summed E-state index contributed by atoms with van der Waals surface area (Å²) < 4.78 is 0. The Morgan fingerprint density at radius 3 is 2.23 bits per heavy atom. The second-order valence-corrected chi connectivity index (χ2v) is 8.78. The van der Waals surface area contributed by atoms with Crippen LogP contribution in [-0.2, 0) is 11.2 Å². The Bertz CT molecular complexity index is 995. The van der Waals surface area contributed by atoms with Crippen LogP contribution in [-0.4, -0.2) is 17.4 Å². The van der Waals surface area contributed by atoms with Crippen LogP contribution in [0.5, 0.6) is 0 Å². The lowest BCUT2D eigenvalue weighted by molar-refractivity contribution is -0.131. The van der Waals surface area contributed by atoms with E-state index in [4.69, 9.17) is 16.5 Å². The Labute approximate surface area is 184 Å². The number of amides is 1. The largest absolute Gasteiger partial charge is 0.369 e. The molecule has 1 unspecified atom stereocenters. The molecule has 31 heavy (non-hydrogen) atoms. The fourth-order valence-electron chi connectivity index (χ4n) is 5.08. The van der Waals surface area contributed by atoms with Gasteiger partial charge in [-0.05, 0) is 73.4 Å². The smallest absolute Gasteiger partial charge is 0.224 e. The van der Waals surface area contributed by atoms with E-state index in [1.807, 2.05) is 48.7 Å². The van der Waals surface area contributed by atoms with Gasteiger partial charge in [-0.1, -0.05) is 60.7 Å². The van der Waals surface area contributed by atoms with Gasteiger partial charge < -0.3 is 11.5 Å². The van der Waals surface area contributed by atoms with Crippen LogP contribution in [0.2, 0.25) is 0 Å². The molecule has 0 saturated heterocycles. The van der Waals surface area contributed by atoms with Gasteiger partial charge in [-0.25, -0.2) is 0 Å². The highest BCUT2D eigenvalue weighted by Gasteiger charge is 2.47. The topological polar surface area (TPSA) is 82.0 Å². The molecule has 1 aliphatic rings. The van der Waals surface area contributed by atoms with E-state index in [1.54, 1.807) is 0 Å². The molecule has 0 bridgehead atoms. The van der Waals surface area contributed by atoms with E-state index in [9.17, 15) is 4.79 Å². The van der Waals surface area contributed by atoms with E-state index in [-0.39, 0.29) is 11.8 Å². The van der Waals surface area contributed by atoms with Crippen LogP contribution in [0.4, 0.5) is 0 Å². The second kappa shape index (κ2) is 9.44. The van der Waals surface area contributed by atoms with Gasteiger partial charge in [-0.3, -0.25) is 9.78 Å². The molecule has 4 nitrogen and oxygen atoms in total. The zero-order chi connectivity index (χ0) is 21.7. The number of aromatic nitrogens is 1. The Hall–Kier alpha value is -2.98. The third-order valence-corrected chi connectivity index (χ3v) is 7.02. The molecule has 0 spiro atoms.